The van der Waals surface area contributed by atoms with Crippen LogP contribution in [0.2, 0.25) is 0 Å². The minimum Gasteiger partial charge on any atom is -0.360 e. The van der Waals surface area contributed by atoms with E-state index >= 15 is 0 Å². The van der Waals surface area contributed by atoms with E-state index in [0.717, 1.165) is 36.2 Å². The first kappa shape index (κ1) is 15.6. The summed E-state index contributed by atoms with van der Waals surface area (Å²) in [4.78, 5) is 12.1. The monoisotopic (exact) mass is 314 g/mol. The number of amides is 1. The molecule has 0 saturated heterocycles. The van der Waals surface area contributed by atoms with Crippen LogP contribution in [0.5, 0.6) is 0 Å². The number of aromatic nitrogens is 2. The Balaban J connectivity index is 1.81. The van der Waals surface area contributed by atoms with Crippen LogP contribution in [0.25, 0.3) is 0 Å². The zero-order chi connectivity index (χ0) is 14.4. The van der Waals surface area contributed by atoms with Gasteiger partial charge in [-0.3, -0.25) is 4.79 Å². The molecule has 7 heteroatoms. The number of nitrogens with zero attached hydrogens (tertiary/aromatic N) is 2. The molecule has 5 nitrogen and oxygen atoms in total. The van der Waals surface area contributed by atoms with Crippen molar-refractivity contribution in [3.8, 4) is 0 Å². The van der Waals surface area contributed by atoms with Crippen LogP contribution in [0.1, 0.15) is 48.8 Å². The first-order valence-corrected chi connectivity index (χ1v) is 9.24. The van der Waals surface area contributed by atoms with Crippen LogP contribution in [0.3, 0.4) is 0 Å². The zero-order valence-electron chi connectivity index (χ0n) is 12.0. The van der Waals surface area contributed by atoms with E-state index in [-0.39, 0.29) is 5.91 Å². The van der Waals surface area contributed by atoms with E-state index in [4.69, 9.17) is 0 Å². The summed E-state index contributed by atoms with van der Waals surface area (Å²) in [6, 6.07) is 0.293. The average Bonchev–Trinajstić information content (AvgIpc) is 2.95. The summed E-state index contributed by atoms with van der Waals surface area (Å²) in [5.74, 6) is -0.0837. The average molecular weight is 314 g/mol. The zero-order valence-corrected chi connectivity index (χ0v) is 13.6. The van der Waals surface area contributed by atoms with Gasteiger partial charge in [-0.15, -0.1) is 10.2 Å². The Morgan fingerprint density at radius 3 is 2.75 bits per heavy atom. The van der Waals surface area contributed by atoms with Crippen LogP contribution >= 0.6 is 23.1 Å². The quantitative estimate of drug-likeness (QED) is 0.845. The maximum Gasteiger partial charge on any atom is 0.282 e. The lowest BCUT2D eigenvalue weighted by Crippen LogP contribution is -2.38. The Morgan fingerprint density at radius 1 is 1.35 bits per heavy atom. The van der Waals surface area contributed by atoms with Crippen LogP contribution < -0.4 is 10.6 Å². The number of hydrogen-bond donors (Lipinski definition) is 2. The normalized spacial score (nSPS) is 22.5. The molecule has 0 aromatic carbocycles. The fourth-order valence-electron chi connectivity index (χ4n) is 2.31. The molecule has 1 aromatic heterocycles. The lowest BCUT2D eigenvalue weighted by atomic mass is 9.95. The summed E-state index contributed by atoms with van der Waals surface area (Å²) in [5, 5.41) is 16.1. The summed E-state index contributed by atoms with van der Waals surface area (Å²) >= 11 is 3.26. The molecule has 1 heterocycles. The number of rotatable bonds is 6. The van der Waals surface area contributed by atoms with Crippen LogP contribution in [0.15, 0.2) is 0 Å². The van der Waals surface area contributed by atoms with Gasteiger partial charge in [0.25, 0.3) is 5.91 Å². The van der Waals surface area contributed by atoms with Gasteiger partial charge in [0.1, 0.15) is 0 Å². The molecule has 0 aliphatic heterocycles. The minimum absolute atomic E-state index is 0.0837. The van der Waals surface area contributed by atoms with E-state index in [2.05, 4.69) is 34.0 Å². The molecular weight excluding hydrogens is 292 g/mol. The molecule has 0 atom stereocenters. The van der Waals surface area contributed by atoms with E-state index in [1.165, 1.54) is 24.2 Å². The van der Waals surface area contributed by atoms with Crippen LogP contribution in [-0.2, 0) is 0 Å². The van der Waals surface area contributed by atoms with Gasteiger partial charge >= 0.3 is 0 Å². The van der Waals surface area contributed by atoms with Crippen molar-refractivity contribution < 1.29 is 4.79 Å². The van der Waals surface area contributed by atoms with Gasteiger partial charge in [-0.2, -0.15) is 11.8 Å². The second kappa shape index (κ2) is 7.83. The molecule has 2 N–H and O–H groups in total. The molecule has 1 fully saturated rings. The molecule has 1 amide bonds. The fourth-order valence-corrected chi connectivity index (χ4v) is 3.72. The molecule has 20 heavy (non-hydrogen) atoms. The Morgan fingerprint density at radius 2 is 2.10 bits per heavy atom. The Labute approximate surface area is 128 Å². The van der Waals surface area contributed by atoms with Crippen molar-refractivity contribution in [1.82, 2.24) is 15.5 Å². The minimum atomic E-state index is -0.0837. The number of anilines is 1. The van der Waals surface area contributed by atoms with E-state index in [9.17, 15) is 4.79 Å². The molecule has 0 radical (unpaired) electrons. The van der Waals surface area contributed by atoms with Crippen molar-refractivity contribution >= 4 is 34.1 Å². The summed E-state index contributed by atoms with van der Waals surface area (Å²) in [6.07, 6.45) is 7.69. The lowest BCUT2D eigenvalue weighted by Gasteiger charge is -2.27. The van der Waals surface area contributed by atoms with Crippen molar-refractivity contribution in [3.05, 3.63) is 5.01 Å². The van der Waals surface area contributed by atoms with Gasteiger partial charge in [-0.25, -0.2) is 0 Å². The van der Waals surface area contributed by atoms with Gasteiger partial charge in [0.05, 0.1) is 0 Å². The number of carbonyl (C=O) groups excluding carboxylic acids is 1. The molecule has 0 unspecified atom stereocenters. The highest BCUT2D eigenvalue weighted by Gasteiger charge is 2.23. The highest BCUT2D eigenvalue weighted by molar-refractivity contribution is 7.99. The van der Waals surface area contributed by atoms with E-state index in [1.807, 2.05) is 11.8 Å². The highest BCUT2D eigenvalue weighted by Crippen LogP contribution is 2.27. The van der Waals surface area contributed by atoms with Crippen molar-refractivity contribution in [2.75, 3.05) is 18.1 Å². The van der Waals surface area contributed by atoms with Gasteiger partial charge in [-0.05, 0) is 38.4 Å². The SMILES string of the molecule is CCCNc1nnc(C(=O)NC2CCC(SC)CC2)s1. The van der Waals surface area contributed by atoms with Gasteiger partial charge in [-0.1, -0.05) is 18.3 Å². The Kier molecular flexibility index (Phi) is 6.09. The number of hydrogen-bond acceptors (Lipinski definition) is 6. The molecule has 1 saturated carbocycles. The van der Waals surface area contributed by atoms with Crippen molar-refractivity contribution in [2.24, 2.45) is 0 Å². The molecule has 1 aromatic rings. The van der Waals surface area contributed by atoms with Gasteiger partial charge in [0.2, 0.25) is 10.1 Å². The van der Waals surface area contributed by atoms with Crippen molar-refractivity contribution in [2.45, 2.75) is 50.3 Å². The molecule has 2 rings (SSSR count). The topological polar surface area (TPSA) is 66.9 Å². The first-order chi connectivity index (χ1) is 9.72. The third-order valence-corrected chi connectivity index (χ3v) is 5.51. The van der Waals surface area contributed by atoms with Gasteiger partial charge < -0.3 is 10.6 Å². The van der Waals surface area contributed by atoms with Crippen LogP contribution in [0, 0.1) is 0 Å². The second-order valence-corrected chi connectivity index (χ2v) is 7.14. The maximum absolute atomic E-state index is 12.1. The van der Waals surface area contributed by atoms with E-state index in [1.54, 1.807) is 0 Å². The highest BCUT2D eigenvalue weighted by atomic mass is 32.2. The lowest BCUT2D eigenvalue weighted by molar-refractivity contribution is 0.0927. The predicted octanol–water partition coefficient (Wildman–Crippen LogP) is 2.76. The molecule has 0 spiro atoms. The predicted molar refractivity (Wildman–Crippen MR) is 85.7 cm³/mol. The third kappa shape index (κ3) is 4.34. The van der Waals surface area contributed by atoms with Crippen molar-refractivity contribution in [3.63, 3.8) is 0 Å². The molecule has 112 valence electrons. The van der Waals surface area contributed by atoms with E-state index < -0.39 is 0 Å². The number of thioether (sulfide) groups is 1. The number of nitrogens with one attached hydrogen (secondary N) is 2. The smallest absolute Gasteiger partial charge is 0.282 e. The Hall–Kier alpha value is -0.820. The fraction of sp³-hybridized carbons (Fsp3) is 0.769. The van der Waals surface area contributed by atoms with E-state index in [0.29, 0.717) is 11.0 Å². The standard InChI is InChI=1S/C13H22N4OS2/c1-3-8-14-13-17-16-12(20-13)11(18)15-9-4-6-10(19-2)7-5-9/h9-10H,3-8H2,1-2H3,(H,14,17)(H,15,18). The molecule has 0 bridgehead atoms. The second-order valence-electron chi connectivity index (χ2n) is 5.02. The number of carbonyl (C=O) groups is 1. The molecule has 1 aliphatic rings. The van der Waals surface area contributed by atoms with Gasteiger partial charge in [0.15, 0.2) is 0 Å². The molecule has 1 aliphatic carbocycles. The third-order valence-electron chi connectivity index (χ3n) is 3.49. The van der Waals surface area contributed by atoms with Crippen molar-refractivity contribution in [1.29, 1.82) is 0 Å². The largest absolute Gasteiger partial charge is 0.360 e. The molecular formula is C13H22N4OS2. The van der Waals surface area contributed by atoms with Gasteiger partial charge in [0, 0.05) is 17.8 Å². The summed E-state index contributed by atoms with van der Waals surface area (Å²) in [5.41, 5.74) is 0. The van der Waals surface area contributed by atoms with Crippen LogP contribution in [-0.4, -0.2) is 40.2 Å². The maximum atomic E-state index is 12.1. The summed E-state index contributed by atoms with van der Waals surface area (Å²) < 4.78 is 0. The first-order valence-electron chi connectivity index (χ1n) is 7.14. The summed E-state index contributed by atoms with van der Waals surface area (Å²) in [7, 11) is 0. The Bertz CT molecular complexity index is 430. The van der Waals surface area contributed by atoms with Crippen LogP contribution in [0.4, 0.5) is 5.13 Å². The summed E-state index contributed by atoms with van der Waals surface area (Å²) in [6.45, 7) is 2.95.